The third-order valence-electron chi connectivity index (χ3n) is 2.71. The number of nitrogen functional groups attached to an aromatic ring is 1. The molecule has 0 aliphatic rings. The molecule has 0 aliphatic heterocycles. The molecule has 1 heterocycles. The van der Waals surface area contributed by atoms with E-state index in [1.807, 2.05) is 6.07 Å². The fourth-order valence-electron chi connectivity index (χ4n) is 1.67. The van der Waals surface area contributed by atoms with Crippen molar-refractivity contribution in [2.75, 3.05) is 12.8 Å². The molecule has 0 bridgehead atoms. The number of rotatable bonds is 2. The average Bonchev–Trinajstić information content (AvgIpc) is 2.70. The van der Waals surface area contributed by atoms with Gasteiger partial charge in [-0.15, -0.1) is 0 Å². The van der Waals surface area contributed by atoms with Gasteiger partial charge >= 0.3 is 0 Å². The Kier molecular flexibility index (Phi) is 2.81. The van der Waals surface area contributed by atoms with Gasteiger partial charge in [0.05, 0.1) is 18.9 Å². The van der Waals surface area contributed by atoms with E-state index >= 15 is 0 Å². The number of hydrogen-bond donors (Lipinski definition) is 2. The highest BCUT2D eigenvalue weighted by Gasteiger charge is 2.14. The molecule has 0 saturated carbocycles. The summed E-state index contributed by atoms with van der Waals surface area (Å²) in [5.74, 6) is 0.533. The van der Waals surface area contributed by atoms with Crippen LogP contribution in [-0.4, -0.2) is 22.0 Å². The van der Waals surface area contributed by atoms with Crippen LogP contribution in [0, 0.1) is 11.3 Å². The summed E-state index contributed by atoms with van der Waals surface area (Å²) in [7, 11) is 3.15. The number of methoxy groups -OCH3 is 1. The molecular formula is C12H12N4O2. The Bertz CT molecular complexity index is 640. The van der Waals surface area contributed by atoms with E-state index in [4.69, 9.17) is 15.7 Å². The molecule has 18 heavy (non-hydrogen) atoms. The molecule has 0 saturated heterocycles. The van der Waals surface area contributed by atoms with Crippen molar-refractivity contribution < 1.29 is 9.84 Å². The molecule has 6 nitrogen and oxygen atoms in total. The Morgan fingerprint density at radius 2 is 2.22 bits per heavy atom. The lowest BCUT2D eigenvalue weighted by atomic mass is 10.0. The molecule has 2 aromatic rings. The van der Waals surface area contributed by atoms with E-state index in [9.17, 15) is 5.11 Å². The third kappa shape index (κ3) is 1.72. The molecule has 0 spiro atoms. The monoisotopic (exact) mass is 244 g/mol. The number of nitrogens with zero attached hydrogens (tertiary/aromatic N) is 3. The number of anilines is 1. The molecule has 0 atom stereocenters. The zero-order valence-corrected chi connectivity index (χ0v) is 10.0. The van der Waals surface area contributed by atoms with Crippen molar-refractivity contribution in [2.24, 2.45) is 7.05 Å². The molecule has 0 fully saturated rings. The quantitative estimate of drug-likeness (QED) is 0.828. The van der Waals surface area contributed by atoms with E-state index < -0.39 is 0 Å². The first-order valence-corrected chi connectivity index (χ1v) is 5.17. The summed E-state index contributed by atoms with van der Waals surface area (Å²) < 4.78 is 6.56. The van der Waals surface area contributed by atoms with Crippen LogP contribution in [0.15, 0.2) is 18.3 Å². The minimum Gasteiger partial charge on any atom is -0.503 e. The predicted molar refractivity (Wildman–Crippen MR) is 66.0 cm³/mol. The predicted octanol–water partition coefficient (Wildman–Crippen LogP) is 1.26. The Balaban J connectivity index is 2.66. The van der Waals surface area contributed by atoms with Crippen LogP contribution in [-0.2, 0) is 7.05 Å². The first kappa shape index (κ1) is 11.8. The van der Waals surface area contributed by atoms with Crippen molar-refractivity contribution in [3.63, 3.8) is 0 Å². The molecule has 0 amide bonds. The van der Waals surface area contributed by atoms with Gasteiger partial charge in [-0.3, -0.25) is 4.68 Å². The highest BCUT2D eigenvalue weighted by atomic mass is 16.5. The van der Waals surface area contributed by atoms with Crippen molar-refractivity contribution in [1.29, 1.82) is 5.26 Å². The lowest BCUT2D eigenvalue weighted by Gasteiger charge is -2.08. The molecule has 2 rings (SSSR count). The normalized spacial score (nSPS) is 10.1. The molecule has 0 aliphatic carbocycles. The summed E-state index contributed by atoms with van der Waals surface area (Å²) in [5, 5.41) is 22.7. The minimum atomic E-state index is -0.175. The number of phenols is 1. The van der Waals surface area contributed by atoms with E-state index in [0.717, 1.165) is 0 Å². The SMILES string of the molecule is COc1cc(-c2cnn(C)c2N)cc(C#N)c1O. The summed E-state index contributed by atoms with van der Waals surface area (Å²) in [4.78, 5) is 0. The van der Waals surface area contributed by atoms with E-state index in [-0.39, 0.29) is 17.1 Å². The maximum Gasteiger partial charge on any atom is 0.175 e. The zero-order valence-electron chi connectivity index (χ0n) is 10.0. The molecule has 92 valence electrons. The third-order valence-corrected chi connectivity index (χ3v) is 2.71. The van der Waals surface area contributed by atoms with Crippen molar-refractivity contribution in [3.8, 4) is 28.7 Å². The van der Waals surface area contributed by atoms with Crippen LogP contribution in [0.25, 0.3) is 11.1 Å². The van der Waals surface area contributed by atoms with Gasteiger partial charge in [0, 0.05) is 12.6 Å². The number of aryl methyl sites for hydroxylation is 1. The average molecular weight is 244 g/mol. The fourth-order valence-corrected chi connectivity index (χ4v) is 1.67. The van der Waals surface area contributed by atoms with Gasteiger partial charge in [-0.1, -0.05) is 0 Å². The molecule has 6 heteroatoms. The van der Waals surface area contributed by atoms with Gasteiger partial charge in [-0.25, -0.2) is 0 Å². The van der Waals surface area contributed by atoms with Gasteiger partial charge in [-0.2, -0.15) is 10.4 Å². The lowest BCUT2D eigenvalue weighted by molar-refractivity contribution is 0.373. The van der Waals surface area contributed by atoms with Crippen LogP contribution in [0.2, 0.25) is 0 Å². The Morgan fingerprint density at radius 3 is 2.72 bits per heavy atom. The van der Waals surface area contributed by atoms with E-state index in [2.05, 4.69) is 5.10 Å². The van der Waals surface area contributed by atoms with Gasteiger partial charge in [0.15, 0.2) is 11.5 Å². The topological polar surface area (TPSA) is 97.1 Å². The number of phenolic OH excluding ortho intramolecular Hbond substituents is 1. The fraction of sp³-hybridized carbons (Fsp3) is 0.167. The minimum absolute atomic E-state index is 0.132. The number of aromatic nitrogens is 2. The molecule has 3 N–H and O–H groups in total. The molecule has 0 unspecified atom stereocenters. The van der Waals surface area contributed by atoms with Crippen molar-refractivity contribution in [3.05, 3.63) is 23.9 Å². The van der Waals surface area contributed by atoms with Gasteiger partial charge in [0.1, 0.15) is 11.9 Å². The second-order valence-corrected chi connectivity index (χ2v) is 3.75. The van der Waals surface area contributed by atoms with Crippen LogP contribution in [0.4, 0.5) is 5.82 Å². The summed E-state index contributed by atoms with van der Waals surface area (Å²) in [6.45, 7) is 0. The van der Waals surface area contributed by atoms with Crippen LogP contribution in [0.5, 0.6) is 11.5 Å². The first-order chi connectivity index (χ1) is 8.58. The second-order valence-electron chi connectivity index (χ2n) is 3.75. The largest absolute Gasteiger partial charge is 0.503 e. The van der Waals surface area contributed by atoms with Gasteiger partial charge in [-0.05, 0) is 17.7 Å². The van der Waals surface area contributed by atoms with Crippen LogP contribution in [0.1, 0.15) is 5.56 Å². The number of hydrogen-bond acceptors (Lipinski definition) is 5. The number of benzene rings is 1. The van der Waals surface area contributed by atoms with Crippen molar-refractivity contribution in [2.45, 2.75) is 0 Å². The second kappa shape index (κ2) is 4.30. The van der Waals surface area contributed by atoms with Gasteiger partial charge in [0.25, 0.3) is 0 Å². The molecule has 1 aromatic heterocycles. The van der Waals surface area contributed by atoms with Crippen molar-refractivity contribution in [1.82, 2.24) is 9.78 Å². The maximum atomic E-state index is 9.74. The smallest absolute Gasteiger partial charge is 0.175 e. The number of ether oxygens (including phenoxy) is 1. The van der Waals surface area contributed by atoms with E-state index in [1.54, 1.807) is 25.4 Å². The first-order valence-electron chi connectivity index (χ1n) is 5.17. The number of nitrogens with two attached hydrogens (primary N) is 1. The zero-order chi connectivity index (χ0) is 13.3. The molecular weight excluding hydrogens is 232 g/mol. The number of nitriles is 1. The molecule has 1 aromatic carbocycles. The van der Waals surface area contributed by atoms with Gasteiger partial charge in [0.2, 0.25) is 0 Å². The van der Waals surface area contributed by atoms with E-state index in [1.165, 1.54) is 11.8 Å². The standard InChI is InChI=1S/C12H12N4O2/c1-16-12(14)9(6-15-16)7-3-8(5-13)11(17)10(4-7)18-2/h3-4,6,17H,14H2,1-2H3. The maximum absolute atomic E-state index is 9.74. The highest BCUT2D eigenvalue weighted by Crippen LogP contribution is 2.36. The van der Waals surface area contributed by atoms with Crippen LogP contribution >= 0.6 is 0 Å². The number of aromatic hydroxyl groups is 1. The molecule has 0 radical (unpaired) electrons. The Labute approximate surface area is 104 Å². The summed E-state index contributed by atoms with van der Waals surface area (Å²) in [6, 6.07) is 5.07. The summed E-state index contributed by atoms with van der Waals surface area (Å²) in [5.41, 5.74) is 7.36. The lowest BCUT2D eigenvalue weighted by Crippen LogP contribution is -1.98. The van der Waals surface area contributed by atoms with Gasteiger partial charge < -0.3 is 15.6 Å². The summed E-state index contributed by atoms with van der Waals surface area (Å²) >= 11 is 0. The highest BCUT2D eigenvalue weighted by molar-refractivity contribution is 5.77. The van der Waals surface area contributed by atoms with Crippen LogP contribution < -0.4 is 10.5 Å². The summed E-state index contributed by atoms with van der Waals surface area (Å²) in [6.07, 6.45) is 1.60. The Hall–Kier alpha value is -2.68. The van der Waals surface area contributed by atoms with E-state index in [0.29, 0.717) is 16.9 Å². The van der Waals surface area contributed by atoms with Crippen molar-refractivity contribution >= 4 is 5.82 Å². The van der Waals surface area contributed by atoms with Crippen LogP contribution in [0.3, 0.4) is 0 Å². The Morgan fingerprint density at radius 1 is 1.50 bits per heavy atom.